The van der Waals surface area contributed by atoms with Crippen molar-refractivity contribution < 1.29 is 0 Å². The van der Waals surface area contributed by atoms with Gasteiger partial charge in [0.1, 0.15) is 11.1 Å². The van der Waals surface area contributed by atoms with Gasteiger partial charge in [-0.25, -0.2) is 9.97 Å². The van der Waals surface area contributed by atoms with E-state index in [4.69, 9.17) is 11.0 Å². The van der Waals surface area contributed by atoms with Gasteiger partial charge in [0.2, 0.25) is 0 Å². The van der Waals surface area contributed by atoms with Crippen LogP contribution >= 0.6 is 11.8 Å². The number of aryl methyl sites for hydroxylation is 1. The third kappa shape index (κ3) is 2.67. The van der Waals surface area contributed by atoms with E-state index in [1.165, 1.54) is 18.3 Å². The number of hydrogen-bond acceptors (Lipinski definition) is 6. The molecule has 0 atom stereocenters. The summed E-state index contributed by atoms with van der Waals surface area (Å²) in [5.74, 6) is 0. The minimum absolute atomic E-state index is 0.237. The number of nitrogens with two attached hydrogens (primary N) is 1. The van der Waals surface area contributed by atoms with Gasteiger partial charge in [-0.15, -0.1) is 0 Å². The Morgan fingerprint density at radius 3 is 2.94 bits per heavy atom. The molecular formula is C11H9N5OS. The second-order valence-corrected chi connectivity index (χ2v) is 4.50. The molecule has 0 fully saturated rings. The molecule has 2 aromatic rings. The number of nitrogen functional groups attached to an aromatic ring is 1. The Balaban J connectivity index is 2.40. The summed E-state index contributed by atoms with van der Waals surface area (Å²) < 4.78 is 0. The van der Waals surface area contributed by atoms with Gasteiger partial charge in [0, 0.05) is 11.8 Å². The number of aromatic nitrogens is 3. The van der Waals surface area contributed by atoms with Crippen LogP contribution in [0.15, 0.2) is 33.3 Å². The van der Waals surface area contributed by atoms with Crippen molar-refractivity contribution in [1.29, 1.82) is 5.26 Å². The maximum atomic E-state index is 11.3. The van der Waals surface area contributed by atoms with Crippen LogP contribution in [-0.4, -0.2) is 15.0 Å². The fourth-order valence-corrected chi connectivity index (χ4v) is 2.17. The number of nitrogens with one attached hydrogen (secondary N) is 1. The standard InChI is InChI=1S/C11H9N5OS/c1-6-2-9(17)16-11(15-6)18-10-7(4-12)3-8(13)5-14-10/h2-3,5H,13H2,1H3,(H,15,16,17). The molecule has 0 aromatic carbocycles. The smallest absolute Gasteiger partial charge is 0.251 e. The molecule has 2 rings (SSSR count). The van der Waals surface area contributed by atoms with E-state index in [0.29, 0.717) is 27.1 Å². The van der Waals surface area contributed by atoms with E-state index in [1.807, 2.05) is 6.07 Å². The maximum absolute atomic E-state index is 11.3. The lowest BCUT2D eigenvalue weighted by molar-refractivity contribution is 0.901. The maximum Gasteiger partial charge on any atom is 0.251 e. The van der Waals surface area contributed by atoms with Gasteiger partial charge in [-0.2, -0.15) is 5.26 Å². The Labute approximate surface area is 107 Å². The molecule has 7 heteroatoms. The molecule has 0 aliphatic heterocycles. The zero-order valence-electron chi connectivity index (χ0n) is 9.47. The first-order chi connectivity index (χ1) is 8.58. The minimum atomic E-state index is -0.237. The van der Waals surface area contributed by atoms with Gasteiger partial charge >= 0.3 is 0 Å². The van der Waals surface area contributed by atoms with Crippen molar-refractivity contribution in [3.63, 3.8) is 0 Å². The molecular weight excluding hydrogens is 250 g/mol. The number of nitriles is 1. The van der Waals surface area contributed by atoms with E-state index in [0.717, 1.165) is 11.8 Å². The lowest BCUT2D eigenvalue weighted by Gasteiger charge is -2.03. The van der Waals surface area contributed by atoms with Gasteiger partial charge < -0.3 is 10.7 Å². The van der Waals surface area contributed by atoms with Gasteiger partial charge in [0.15, 0.2) is 5.16 Å². The van der Waals surface area contributed by atoms with Crippen molar-refractivity contribution in [1.82, 2.24) is 15.0 Å². The van der Waals surface area contributed by atoms with Gasteiger partial charge in [-0.1, -0.05) is 0 Å². The predicted octanol–water partition coefficient (Wildman–Crippen LogP) is 1.08. The number of pyridine rings is 1. The summed E-state index contributed by atoms with van der Waals surface area (Å²) in [5.41, 5.74) is 6.69. The molecule has 0 spiro atoms. The second kappa shape index (κ2) is 4.89. The van der Waals surface area contributed by atoms with Crippen LogP contribution in [0.1, 0.15) is 11.3 Å². The van der Waals surface area contributed by atoms with Gasteiger partial charge in [-0.05, 0) is 24.8 Å². The van der Waals surface area contributed by atoms with Crippen LogP contribution in [-0.2, 0) is 0 Å². The third-order valence-electron chi connectivity index (χ3n) is 2.03. The van der Waals surface area contributed by atoms with Crippen LogP contribution in [0.25, 0.3) is 0 Å². The molecule has 90 valence electrons. The largest absolute Gasteiger partial charge is 0.397 e. The van der Waals surface area contributed by atoms with Crippen LogP contribution in [0.4, 0.5) is 5.69 Å². The van der Waals surface area contributed by atoms with Gasteiger partial charge in [-0.3, -0.25) is 4.79 Å². The van der Waals surface area contributed by atoms with Crippen molar-refractivity contribution in [3.8, 4) is 6.07 Å². The van der Waals surface area contributed by atoms with Crippen LogP contribution in [0.5, 0.6) is 0 Å². The van der Waals surface area contributed by atoms with E-state index in [2.05, 4.69) is 15.0 Å². The topological polar surface area (TPSA) is 108 Å². The number of H-pyrrole nitrogens is 1. The fourth-order valence-electron chi connectivity index (χ4n) is 1.32. The third-order valence-corrected chi connectivity index (χ3v) is 2.94. The van der Waals surface area contributed by atoms with Crippen molar-refractivity contribution in [3.05, 3.63) is 39.9 Å². The monoisotopic (exact) mass is 259 g/mol. The van der Waals surface area contributed by atoms with Gasteiger partial charge in [0.25, 0.3) is 5.56 Å². The molecule has 18 heavy (non-hydrogen) atoms. The van der Waals surface area contributed by atoms with Crippen molar-refractivity contribution >= 4 is 17.4 Å². The predicted molar refractivity (Wildman–Crippen MR) is 67.1 cm³/mol. The Kier molecular flexibility index (Phi) is 3.30. The number of hydrogen-bond donors (Lipinski definition) is 2. The zero-order chi connectivity index (χ0) is 13.1. The van der Waals surface area contributed by atoms with Crippen LogP contribution < -0.4 is 11.3 Å². The highest BCUT2D eigenvalue weighted by molar-refractivity contribution is 7.99. The Morgan fingerprint density at radius 2 is 2.28 bits per heavy atom. The Morgan fingerprint density at radius 1 is 1.50 bits per heavy atom. The van der Waals surface area contributed by atoms with Crippen LogP contribution in [0.2, 0.25) is 0 Å². The van der Waals surface area contributed by atoms with E-state index < -0.39 is 0 Å². The zero-order valence-corrected chi connectivity index (χ0v) is 10.3. The average Bonchev–Trinajstić information content (AvgIpc) is 2.30. The SMILES string of the molecule is Cc1cc(=O)[nH]c(Sc2ncc(N)cc2C#N)n1. The molecule has 0 aliphatic rings. The highest BCUT2D eigenvalue weighted by Gasteiger charge is 2.08. The summed E-state index contributed by atoms with van der Waals surface area (Å²) in [5, 5.41) is 9.83. The number of anilines is 1. The summed E-state index contributed by atoms with van der Waals surface area (Å²) >= 11 is 1.12. The van der Waals surface area contributed by atoms with Crippen molar-refractivity contribution in [2.45, 2.75) is 17.1 Å². The quantitative estimate of drug-likeness (QED) is 0.781. The fraction of sp³-hybridized carbons (Fsp3) is 0.0909. The average molecular weight is 259 g/mol. The van der Waals surface area contributed by atoms with Crippen molar-refractivity contribution in [2.75, 3.05) is 5.73 Å². The highest BCUT2D eigenvalue weighted by Crippen LogP contribution is 2.25. The highest BCUT2D eigenvalue weighted by atomic mass is 32.2. The van der Waals surface area contributed by atoms with E-state index in [1.54, 1.807) is 6.92 Å². The van der Waals surface area contributed by atoms with E-state index in [9.17, 15) is 4.79 Å². The number of aromatic amines is 1. The summed E-state index contributed by atoms with van der Waals surface area (Å²) in [7, 11) is 0. The molecule has 2 heterocycles. The Bertz CT molecular complexity index is 689. The molecule has 0 amide bonds. The summed E-state index contributed by atoms with van der Waals surface area (Å²) in [6, 6.07) is 4.93. The summed E-state index contributed by atoms with van der Waals surface area (Å²) in [6.07, 6.45) is 1.46. The molecule has 0 unspecified atom stereocenters. The molecule has 0 bridgehead atoms. The normalized spacial score (nSPS) is 10.0. The van der Waals surface area contributed by atoms with Crippen LogP contribution in [0, 0.1) is 18.3 Å². The first-order valence-electron chi connectivity index (χ1n) is 5.00. The molecule has 0 radical (unpaired) electrons. The first kappa shape index (κ1) is 12.1. The number of nitrogens with zero attached hydrogens (tertiary/aromatic N) is 3. The van der Waals surface area contributed by atoms with Gasteiger partial charge in [0.05, 0.1) is 17.4 Å². The molecule has 6 nitrogen and oxygen atoms in total. The molecule has 3 N–H and O–H groups in total. The lowest BCUT2D eigenvalue weighted by Crippen LogP contribution is -2.08. The van der Waals surface area contributed by atoms with Crippen molar-refractivity contribution in [2.24, 2.45) is 0 Å². The molecule has 0 saturated heterocycles. The second-order valence-electron chi connectivity index (χ2n) is 3.53. The van der Waals surface area contributed by atoms with Crippen LogP contribution in [0.3, 0.4) is 0 Å². The van der Waals surface area contributed by atoms with E-state index >= 15 is 0 Å². The first-order valence-corrected chi connectivity index (χ1v) is 5.81. The summed E-state index contributed by atoms with van der Waals surface area (Å²) in [6.45, 7) is 1.72. The number of rotatable bonds is 2. The molecule has 0 aliphatic carbocycles. The summed E-state index contributed by atoms with van der Waals surface area (Å²) in [4.78, 5) is 22.1. The molecule has 2 aromatic heterocycles. The Hall–Kier alpha value is -2.33. The minimum Gasteiger partial charge on any atom is -0.397 e. The van der Waals surface area contributed by atoms with E-state index in [-0.39, 0.29) is 5.56 Å². The molecule has 0 saturated carbocycles. The lowest BCUT2D eigenvalue weighted by atomic mass is 10.3.